The van der Waals surface area contributed by atoms with Crippen LogP contribution in [0.4, 0.5) is 0 Å². The predicted molar refractivity (Wildman–Crippen MR) is 87.6 cm³/mol. The van der Waals surface area contributed by atoms with E-state index in [0.29, 0.717) is 5.92 Å². The normalized spacial score (nSPS) is 29.9. The molecule has 4 heteroatoms. The predicted octanol–water partition coefficient (Wildman–Crippen LogP) is 2.88. The molecule has 1 aromatic heterocycles. The topological polar surface area (TPSA) is 41.1 Å². The smallest absolute Gasteiger partial charge is 0.228 e. The van der Waals surface area contributed by atoms with Crippen LogP contribution in [0.2, 0.25) is 0 Å². The van der Waals surface area contributed by atoms with Gasteiger partial charge in [-0.05, 0) is 51.3 Å². The molecule has 2 fully saturated rings. The maximum atomic E-state index is 12.9. The van der Waals surface area contributed by atoms with Crippen LogP contribution in [0.25, 0.3) is 0 Å². The summed E-state index contributed by atoms with van der Waals surface area (Å²) in [4.78, 5) is 15.6. The molecule has 116 valence electrons. The number of thiophene rings is 1. The molecule has 2 heterocycles. The van der Waals surface area contributed by atoms with Crippen molar-refractivity contribution in [3.63, 3.8) is 0 Å². The average Bonchev–Trinajstić information content (AvgIpc) is 3.05. The van der Waals surface area contributed by atoms with Gasteiger partial charge in [0.2, 0.25) is 5.91 Å². The van der Waals surface area contributed by atoms with Crippen LogP contribution < -0.4 is 10.6 Å². The first kappa shape index (κ1) is 15.0. The van der Waals surface area contributed by atoms with E-state index in [9.17, 15) is 4.79 Å². The van der Waals surface area contributed by atoms with Gasteiger partial charge in [0.05, 0.1) is 5.41 Å². The summed E-state index contributed by atoms with van der Waals surface area (Å²) in [7, 11) is 0. The van der Waals surface area contributed by atoms with E-state index in [1.54, 1.807) is 0 Å². The van der Waals surface area contributed by atoms with Gasteiger partial charge < -0.3 is 10.6 Å². The summed E-state index contributed by atoms with van der Waals surface area (Å²) >= 11 is 1.83. The highest BCUT2D eigenvalue weighted by molar-refractivity contribution is 7.11. The van der Waals surface area contributed by atoms with Gasteiger partial charge in [-0.3, -0.25) is 4.79 Å². The maximum absolute atomic E-state index is 12.9. The van der Waals surface area contributed by atoms with Gasteiger partial charge in [-0.1, -0.05) is 12.8 Å². The minimum absolute atomic E-state index is 0.127. The van der Waals surface area contributed by atoms with Crippen molar-refractivity contribution in [2.75, 3.05) is 13.1 Å². The van der Waals surface area contributed by atoms with Crippen LogP contribution in [0.15, 0.2) is 12.1 Å². The van der Waals surface area contributed by atoms with Crippen LogP contribution in [-0.2, 0) is 11.2 Å². The second-order valence-electron chi connectivity index (χ2n) is 6.82. The molecule has 1 aliphatic heterocycles. The van der Waals surface area contributed by atoms with Gasteiger partial charge in [0.1, 0.15) is 0 Å². The quantitative estimate of drug-likeness (QED) is 0.898. The molecule has 3 rings (SSSR count). The molecular formula is C17H26N2OS. The van der Waals surface area contributed by atoms with Gasteiger partial charge in [-0.2, -0.15) is 0 Å². The highest BCUT2D eigenvalue weighted by Crippen LogP contribution is 2.44. The maximum Gasteiger partial charge on any atom is 0.228 e. The van der Waals surface area contributed by atoms with Gasteiger partial charge in [0.15, 0.2) is 0 Å². The number of hydrogen-bond acceptors (Lipinski definition) is 3. The van der Waals surface area contributed by atoms with E-state index in [2.05, 4.69) is 36.6 Å². The zero-order valence-electron chi connectivity index (χ0n) is 13.1. The van der Waals surface area contributed by atoms with Crippen molar-refractivity contribution in [2.45, 2.75) is 52.0 Å². The molecule has 0 bridgehead atoms. The first-order valence-corrected chi connectivity index (χ1v) is 8.99. The van der Waals surface area contributed by atoms with Crippen LogP contribution in [-0.4, -0.2) is 25.0 Å². The second kappa shape index (κ2) is 6.09. The summed E-state index contributed by atoms with van der Waals surface area (Å²) < 4.78 is 0. The number of amides is 1. The summed E-state index contributed by atoms with van der Waals surface area (Å²) in [6, 6.07) is 4.56. The summed E-state index contributed by atoms with van der Waals surface area (Å²) in [5.74, 6) is 0.834. The third kappa shape index (κ3) is 3.02. The van der Waals surface area contributed by atoms with Crippen molar-refractivity contribution in [3.8, 4) is 0 Å². The van der Waals surface area contributed by atoms with Crippen LogP contribution in [0.1, 0.15) is 42.4 Å². The first-order chi connectivity index (χ1) is 10.1. The molecule has 1 aromatic rings. The highest BCUT2D eigenvalue weighted by atomic mass is 32.1. The Kier molecular flexibility index (Phi) is 4.36. The number of aryl methyl sites for hydroxylation is 1. The highest BCUT2D eigenvalue weighted by Gasteiger charge is 2.49. The molecule has 1 unspecified atom stereocenters. The van der Waals surface area contributed by atoms with E-state index in [0.717, 1.165) is 25.9 Å². The Morgan fingerprint density at radius 3 is 3.14 bits per heavy atom. The zero-order valence-corrected chi connectivity index (χ0v) is 13.9. The number of rotatable bonds is 4. The van der Waals surface area contributed by atoms with E-state index >= 15 is 0 Å². The van der Waals surface area contributed by atoms with E-state index in [1.165, 1.54) is 29.0 Å². The van der Waals surface area contributed by atoms with Crippen molar-refractivity contribution >= 4 is 17.2 Å². The Bertz CT molecular complexity index is 513. The summed E-state index contributed by atoms with van der Waals surface area (Å²) in [6.45, 7) is 6.15. The molecule has 1 saturated heterocycles. The summed E-state index contributed by atoms with van der Waals surface area (Å²) in [5.41, 5.74) is -0.127. The first-order valence-electron chi connectivity index (χ1n) is 8.17. The van der Waals surface area contributed by atoms with E-state index in [1.807, 2.05) is 11.3 Å². The molecule has 1 saturated carbocycles. The number of nitrogens with one attached hydrogen (secondary N) is 2. The molecule has 2 aliphatic rings. The van der Waals surface area contributed by atoms with Gasteiger partial charge in [-0.15, -0.1) is 11.3 Å². The third-order valence-corrected chi connectivity index (χ3v) is 6.19. The molecule has 2 N–H and O–H groups in total. The van der Waals surface area contributed by atoms with Crippen molar-refractivity contribution in [1.82, 2.24) is 10.6 Å². The number of carbonyl (C=O) groups excluding carboxylic acids is 1. The molecule has 1 amide bonds. The Morgan fingerprint density at radius 2 is 2.38 bits per heavy atom. The van der Waals surface area contributed by atoms with Crippen molar-refractivity contribution in [2.24, 2.45) is 11.3 Å². The van der Waals surface area contributed by atoms with Crippen molar-refractivity contribution in [3.05, 3.63) is 21.9 Å². The van der Waals surface area contributed by atoms with E-state index in [-0.39, 0.29) is 17.4 Å². The lowest BCUT2D eigenvalue weighted by atomic mass is 9.67. The average molecular weight is 306 g/mol. The molecule has 0 radical (unpaired) electrons. The van der Waals surface area contributed by atoms with Gasteiger partial charge in [0.25, 0.3) is 0 Å². The Labute approximate surface area is 131 Å². The Hall–Kier alpha value is -0.870. The molecule has 0 spiro atoms. The monoisotopic (exact) mass is 306 g/mol. The fourth-order valence-corrected chi connectivity index (χ4v) is 5.02. The number of carbonyl (C=O) groups is 1. The van der Waals surface area contributed by atoms with Crippen LogP contribution in [0.3, 0.4) is 0 Å². The molecule has 3 atom stereocenters. The number of hydrogen-bond donors (Lipinski definition) is 2. The third-order valence-electron chi connectivity index (χ3n) is 5.17. The lowest BCUT2D eigenvalue weighted by Crippen LogP contribution is -2.50. The van der Waals surface area contributed by atoms with Crippen molar-refractivity contribution < 1.29 is 4.79 Å². The molecule has 0 aromatic carbocycles. The molecule has 21 heavy (non-hydrogen) atoms. The SMILES string of the molecule is Cc1ccc(CC(C)NC(=O)[C@@]23CCCC[C@H]2CNC3)s1. The fraction of sp³-hybridized carbons (Fsp3) is 0.706. The van der Waals surface area contributed by atoms with E-state index < -0.39 is 0 Å². The van der Waals surface area contributed by atoms with Gasteiger partial charge >= 0.3 is 0 Å². The zero-order chi connectivity index (χ0) is 14.9. The van der Waals surface area contributed by atoms with Crippen LogP contribution in [0.5, 0.6) is 0 Å². The van der Waals surface area contributed by atoms with Crippen LogP contribution in [0, 0.1) is 18.3 Å². The molecule has 1 aliphatic carbocycles. The van der Waals surface area contributed by atoms with Crippen LogP contribution >= 0.6 is 11.3 Å². The molecule has 3 nitrogen and oxygen atoms in total. The van der Waals surface area contributed by atoms with Crippen molar-refractivity contribution in [1.29, 1.82) is 0 Å². The van der Waals surface area contributed by atoms with Gasteiger partial charge in [-0.25, -0.2) is 0 Å². The summed E-state index contributed by atoms with van der Waals surface area (Å²) in [5, 5.41) is 6.75. The minimum atomic E-state index is -0.127. The van der Waals surface area contributed by atoms with Gasteiger partial charge in [0, 0.05) is 28.8 Å². The minimum Gasteiger partial charge on any atom is -0.353 e. The summed E-state index contributed by atoms with van der Waals surface area (Å²) in [6.07, 6.45) is 5.69. The number of fused-ring (bicyclic) bond motifs is 1. The fourth-order valence-electron chi connectivity index (χ4n) is 4.01. The largest absolute Gasteiger partial charge is 0.353 e. The Morgan fingerprint density at radius 1 is 1.52 bits per heavy atom. The lowest BCUT2D eigenvalue weighted by Gasteiger charge is -2.37. The second-order valence-corrected chi connectivity index (χ2v) is 8.19. The standard InChI is InChI=1S/C17H26N2OS/c1-12(9-15-7-6-13(2)21-15)19-16(20)17-8-4-3-5-14(17)10-18-11-17/h6-7,12,14,18H,3-5,8-11H2,1-2H3,(H,19,20)/t12?,14-,17+/m0/s1. The Balaban J connectivity index is 1.62. The molecular weight excluding hydrogens is 280 g/mol. The van der Waals surface area contributed by atoms with E-state index in [4.69, 9.17) is 0 Å². The lowest BCUT2D eigenvalue weighted by molar-refractivity contribution is -0.134.